The quantitative estimate of drug-likeness (QED) is 0.331. The first-order valence-corrected chi connectivity index (χ1v) is 8.81. The molecule has 5 heteroatoms. The molecule has 1 N–H and O–H groups in total. The molecule has 0 saturated heterocycles. The molecule has 0 amide bonds. The first-order valence-electron chi connectivity index (χ1n) is 8.81. The first-order chi connectivity index (χ1) is 12.2. The summed E-state index contributed by atoms with van der Waals surface area (Å²) < 4.78 is 2.20. The summed E-state index contributed by atoms with van der Waals surface area (Å²) in [5.41, 5.74) is 1.28. The Balaban J connectivity index is 1.83. The summed E-state index contributed by atoms with van der Waals surface area (Å²) in [6.45, 7) is 6.40. The summed E-state index contributed by atoms with van der Waals surface area (Å²) in [5, 5.41) is 3.42. The minimum absolute atomic E-state index is 0.810. The molecule has 0 saturated carbocycles. The van der Waals surface area contributed by atoms with Crippen LogP contribution in [-0.2, 0) is 13.0 Å². The standard InChI is InChI=1S/C20H29N5/c1-4-5-9-15-24(3)20(21-2)23-13-12-19-22-14-16-25(19)17-18-10-7-6-8-11-18/h4,6-8,10-11,14,16H,1,5,9,12-13,15,17H2,2-3H3,(H,21,23). The molecule has 0 atom stereocenters. The molecule has 0 aliphatic rings. The van der Waals surface area contributed by atoms with Crippen LogP contribution < -0.4 is 5.32 Å². The van der Waals surface area contributed by atoms with E-state index in [0.717, 1.165) is 50.7 Å². The molecule has 0 spiro atoms. The number of aromatic nitrogens is 2. The van der Waals surface area contributed by atoms with Gasteiger partial charge in [0.25, 0.3) is 0 Å². The van der Waals surface area contributed by atoms with Crippen molar-refractivity contribution >= 4 is 5.96 Å². The van der Waals surface area contributed by atoms with Gasteiger partial charge in [0.05, 0.1) is 0 Å². The highest BCUT2D eigenvalue weighted by Crippen LogP contribution is 2.06. The van der Waals surface area contributed by atoms with Crippen LogP contribution in [-0.4, -0.2) is 47.6 Å². The van der Waals surface area contributed by atoms with Gasteiger partial charge in [-0.3, -0.25) is 4.99 Å². The minimum Gasteiger partial charge on any atom is -0.356 e. The van der Waals surface area contributed by atoms with Crippen LogP contribution in [0.4, 0.5) is 0 Å². The van der Waals surface area contributed by atoms with Crippen LogP contribution in [0.3, 0.4) is 0 Å². The van der Waals surface area contributed by atoms with Gasteiger partial charge in [-0.05, 0) is 18.4 Å². The number of rotatable bonds is 9. The zero-order valence-electron chi connectivity index (χ0n) is 15.4. The molecule has 1 aromatic heterocycles. The highest BCUT2D eigenvalue weighted by Gasteiger charge is 2.07. The van der Waals surface area contributed by atoms with Crippen molar-refractivity contribution in [1.82, 2.24) is 19.8 Å². The summed E-state index contributed by atoms with van der Waals surface area (Å²) in [7, 11) is 3.89. The molecular formula is C20H29N5. The first kappa shape index (κ1) is 18.8. The maximum Gasteiger partial charge on any atom is 0.193 e. The molecule has 0 bridgehead atoms. The molecule has 1 aromatic carbocycles. The number of hydrogen-bond acceptors (Lipinski definition) is 2. The van der Waals surface area contributed by atoms with Gasteiger partial charge in [-0.15, -0.1) is 6.58 Å². The average Bonchev–Trinajstić information content (AvgIpc) is 3.06. The smallest absolute Gasteiger partial charge is 0.193 e. The van der Waals surface area contributed by atoms with E-state index in [-0.39, 0.29) is 0 Å². The number of unbranched alkanes of at least 4 members (excludes halogenated alkanes) is 1. The maximum absolute atomic E-state index is 4.50. The van der Waals surface area contributed by atoms with E-state index in [2.05, 4.69) is 62.7 Å². The number of nitrogens with one attached hydrogen (secondary N) is 1. The molecule has 2 rings (SSSR count). The lowest BCUT2D eigenvalue weighted by molar-refractivity contribution is 0.469. The van der Waals surface area contributed by atoms with Gasteiger partial charge >= 0.3 is 0 Å². The Labute approximate surface area is 151 Å². The van der Waals surface area contributed by atoms with E-state index >= 15 is 0 Å². The van der Waals surface area contributed by atoms with E-state index in [9.17, 15) is 0 Å². The Hall–Kier alpha value is -2.56. The predicted octanol–water partition coefficient (Wildman–Crippen LogP) is 2.95. The van der Waals surface area contributed by atoms with E-state index in [0.29, 0.717) is 0 Å². The molecule has 5 nitrogen and oxygen atoms in total. The third kappa shape index (κ3) is 6.10. The van der Waals surface area contributed by atoms with Crippen molar-refractivity contribution in [3.63, 3.8) is 0 Å². The fourth-order valence-corrected chi connectivity index (χ4v) is 2.74. The van der Waals surface area contributed by atoms with Gasteiger partial charge in [0, 0.05) is 52.5 Å². The average molecular weight is 339 g/mol. The van der Waals surface area contributed by atoms with Gasteiger partial charge in [-0.25, -0.2) is 4.98 Å². The van der Waals surface area contributed by atoms with Crippen LogP contribution in [0.25, 0.3) is 0 Å². The summed E-state index contributed by atoms with van der Waals surface area (Å²) in [4.78, 5) is 11.0. The Morgan fingerprint density at radius 1 is 1.36 bits per heavy atom. The molecule has 25 heavy (non-hydrogen) atoms. The summed E-state index contributed by atoms with van der Waals surface area (Å²) >= 11 is 0. The zero-order chi connectivity index (χ0) is 17.9. The van der Waals surface area contributed by atoms with Crippen LogP contribution in [0.2, 0.25) is 0 Å². The topological polar surface area (TPSA) is 45.4 Å². The Bertz CT molecular complexity index is 660. The van der Waals surface area contributed by atoms with E-state index in [1.165, 1.54) is 5.56 Å². The highest BCUT2D eigenvalue weighted by atomic mass is 15.3. The SMILES string of the molecule is C=CCCCN(C)C(=NC)NCCc1nccn1Cc1ccccc1. The molecule has 1 heterocycles. The second-order valence-electron chi connectivity index (χ2n) is 6.03. The Kier molecular flexibility index (Phi) is 7.76. The van der Waals surface area contributed by atoms with Crippen molar-refractivity contribution in [3.05, 3.63) is 66.8 Å². The van der Waals surface area contributed by atoms with Crippen LogP contribution in [0, 0.1) is 0 Å². The van der Waals surface area contributed by atoms with Crippen molar-refractivity contribution in [1.29, 1.82) is 0 Å². The number of benzene rings is 1. The molecule has 0 radical (unpaired) electrons. The van der Waals surface area contributed by atoms with Gasteiger partial charge in [-0.1, -0.05) is 36.4 Å². The number of hydrogen-bond donors (Lipinski definition) is 1. The fourth-order valence-electron chi connectivity index (χ4n) is 2.74. The Morgan fingerprint density at radius 3 is 2.88 bits per heavy atom. The number of allylic oxidation sites excluding steroid dienone is 1. The van der Waals surface area contributed by atoms with E-state index in [1.807, 2.05) is 31.6 Å². The fraction of sp³-hybridized carbons (Fsp3) is 0.400. The van der Waals surface area contributed by atoms with Crippen LogP contribution in [0.5, 0.6) is 0 Å². The van der Waals surface area contributed by atoms with E-state index in [1.54, 1.807) is 0 Å². The van der Waals surface area contributed by atoms with Crippen molar-refractivity contribution in [2.24, 2.45) is 4.99 Å². The number of imidazole rings is 1. The third-order valence-corrected chi connectivity index (χ3v) is 4.10. The summed E-state index contributed by atoms with van der Waals surface area (Å²) in [6.07, 6.45) is 8.84. The van der Waals surface area contributed by atoms with Crippen LogP contribution in [0.1, 0.15) is 24.2 Å². The molecule has 0 aliphatic heterocycles. The third-order valence-electron chi connectivity index (χ3n) is 4.10. The lowest BCUT2D eigenvalue weighted by Gasteiger charge is -2.21. The largest absolute Gasteiger partial charge is 0.356 e. The highest BCUT2D eigenvalue weighted by molar-refractivity contribution is 5.79. The van der Waals surface area contributed by atoms with E-state index < -0.39 is 0 Å². The molecule has 134 valence electrons. The van der Waals surface area contributed by atoms with Gasteiger partial charge in [0.15, 0.2) is 5.96 Å². The predicted molar refractivity (Wildman–Crippen MR) is 105 cm³/mol. The molecular weight excluding hydrogens is 310 g/mol. The summed E-state index contributed by atoms with van der Waals surface area (Å²) in [5.74, 6) is 2.01. The second-order valence-corrected chi connectivity index (χ2v) is 6.03. The van der Waals surface area contributed by atoms with E-state index in [4.69, 9.17) is 0 Å². The minimum atomic E-state index is 0.810. The molecule has 0 fully saturated rings. The number of guanidine groups is 1. The van der Waals surface area contributed by atoms with Crippen molar-refractivity contribution in [2.45, 2.75) is 25.8 Å². The Morgan fingerprint density at radius 2 is 2.16 bits per heavy atom. The maximum atomic E-state index is 4.50. The lowest BCUT2D eigenvalue weighted by Crippen LogP contribution is -2.40. The lowest BCUT2D eigenvalue weighted by atomic mass is 10.2. The molecule has 2 aromatic rings. The van der Waals surface area contributed by atoms with Gasteiger partial charge < -0.3 is 14.8 Å². The molecule has 0 unspecified atom stereocenters. The number of aliphatic imine (C=N–C) groups is 1. The second kappa shape index (κ2) is 10.3. The normalized spacial score (nSPS) is 11.4. The van der Waals surface area contributed by atoms with Gasteiger partial charge in [-0.2, -0.15) is 0 Å². The number of nitrogens with zero attached hydrogens (tertiary/aromatic N) is 4. The molecule has 0 aliphatic carbocycles. The van der Waals surface area contributed by atoms with Crippen LogP contribution in [0.15, 0.2) is 60.4 Å². The van der Waals surface area contributed by atoms with Crippen molar-refractivity contribution in [3.8, 4) is 0 Å². The van der Waals surface area contributed by atoms with Crippen molar-refractivity contribution in [2.75, 3.05) is 27.2 Å². The van der Waals surface area contributed by atoms with Gasteiger partial charge in [0.1, 0.15) is 5.82 Å². The van der Waals surface area contributed by atoms with Crippen LogP contribution >= 0.6 is 0 Å². The monoisotopic (exact) mass is 339 g/mol. The zero-order valence-corrected chi connectivity index (χ0v) is 15.4. The van der Waals surface area contributed by atoms with Crippen molar-refractivity contribution < 1.29 is 0 Å². The summed E-state index contributed by atoms with van der Waals surface area (Å²) in [6, 6.07) is 10.5. The van der Waals surface area contributed by atoms with Gasteiger partial charge in [0.2, 0.25) is 0 Å².